The van der Waals surface area contributed by atoms with Crippen LogP contribution >= 0.6 is 12.4 Å². The molecular formula is C19H31ClN4O3S. The molecule has 1 aromatic carbocycles. The molecule has 1 aromatic rings. The predicted octanol–water partition coefficient (Wildman–Crippen LogP) is 0.852. The van der Waals surface area contributed by atoms with Crippen LogP contribution < -0.4 is 5.32 Å². The number of amides is 1. The highest BCUT2D eigenvalue weighted by atomic mass is 35.5. The van der Waals surface area contributed by atoms with Crippen LogP contribution in [0.15, 0.2) is 23.1 Å². The smallest absolute Gasteiger partial charge is 0.243 e. The second kappa shape index (κ2) is 9.54. The minimum Gasteiger partial charge on any atom is -0.340 e. The Hall–Kier alpha value is -1.19. The standard InChI is InChI=1S/C19H30N4O3S.ClH/c1-15-4-5-18(12-16(15)2)27(25,26)21(3)14-19(24)23-9-6-17(13-23)22-10-7-20-8-11-22;/h4-5,12,17,20H,6-11,13-14H2,1-3H3;1H. The van der Waals surface area contributed by atoms with E-state index in [9.17, 15) is 13.2 Å². The molecule has 1 unspecified atom stereocenters. The number of likely N-dealkylation sites (tertiary alicyclic amines) is 1. The van der Waals surface area contributed by atoms with Gasteiger partial charge in [0.15, 0.2) is 0 Å². The van der Waals surface area contributed by atoms with Gasteiger partial charge in [-0.2, -0.15) is 4.31 Å². The molecule has 0 saturated carbocycles. The van der Waals surface area contributed by atoms with E-state index in [4.69, 9.17) is 0 Å². The van der Waals surface area contributed by atoms with E-state index in [0.29, 0.717) is 19.1 Å². The van der Waals surface area contributed by atoms with Gasteiger partial charge in [0.2, 0.25) is 15.9 Å². The molecule has 158 valence electrons. The van der Waals surface area contributed by atoms with Crippen molar-refractivity contribution in [1.82, 2.24) is 19.4 Å². The number of hydrogen-bond donors (Lipinski definition) is 1. The molecule has 2 fully saturated rings. The first-order valence-electron chi connectivity index (χ1n) is 9.55. The van der Waals surface area contributed by atoms with Gasteiger partial charge in [0, 0.05) is 52.4 Å². The molecule has 0 aromatic heterocycles. The molecule has 1 amide bonds. The van der Waals surface area contributed by atoms with Crippen LogP contribution in [0.25, 0.3) is 0 Å². The molecule has 2 aliphatic heterocycles. The van der Waals surface area contributed by atoms with Crippen LogP contribution in [0.4, 0.5) is 0 Å². The van der Waals surface area contributed by atoms with Gasteiger partial charge in [0.25, 0.3) is 0 Å². The van der Waals surface area contributed by atoms with Crippen molar-refractivity contribution >= 4 is 28.3 Å². The van der Waals surface area contributed by atoms with Crippen LogP contribution in [0.1, 0.15) is 17.5 Å². The highest BCUT2D eigenvalue weighted by molar-refractivity contribution is 7.89. The lowest BCUT2D eigenvalue weighted by atomic mass is 10.1. The van der Waals surface area contributed by atoms with E-state index in [1.165, 1.54) is 7.05 Å². The molecule has 7 nitrogen and oxygen atoms in total. The summed E-state index contributed by atoms with van der Waals surface area (Å²) in [5.74, 6) is -0.123. The Bertz CT molecular complexity index is 796. The lowest BCUT2D eigenvalue weighted by Crippen LogP contribution is -2.49. The molecule has 0 bridgehead atoms. The molecule has 2 aliphatic rings. The second-order valence-electron chi connectivity index (χ2n) is 7.58. The summed E-state index contributed by atoms with van der Waals surface area (Å²) in [7, 11) is -2.19. The second-order valence-corrected chi connectivity index (χ2v) is 9.62. The van der Waals surface area contributed by atoms with Gasteiger partial charge in [-0.3, -0.25) is 9.69 Å². The molecule has 2 saturated heterocycles. The molecule has 0 radical (unpaired) electrons. The number of likely N-dealkylation sites (N-methyl/N-ethyl adjacent to an activating group) is 1. The van der Waals surface area contributed by atoms with Crippen molar-refractivity contribution in [2.75, 3.05) is 52.9 Å². The molecule has 28 heavy (non-hydrogen) atoms. The lowest BCUT2D eigenvalue weighted by molar-refractivity contribution is -0.130. The number of hydrogen-bond acceptors (Lipinski definition) is 5. The monoisotopic (exact) mass is 430 g/mol. The van der Waals surface area contributed by atoms with Gasteiger partial charge in [-0.25, -0.2) is 8.42 Å². The summed E-state index contributed by atoms with van der Waals surface area (Å²) < 4.78 is 26.8. The van der Waals surface area contributed by atoms with Crippen LogP contribution in [0, 0.1) is 13.8 Å². The highest BCUT2D eigenvalue weighted by Gasteiger charge is 2.32. The molecule has 9 heteroatoms. The first-order chi connectivity index (χ1) is 12.8. The maximum atomic E-state index is 12.8. The molecular weight excluding hydrogens is 400 g/mol. The van der Waals surface area contributed by atoms with E-state index >= 15 is 0 Å². The van der Waals surface area contributed by atoms with Crippen molar-refractivity contribution in [3.05, 3.63) is 29.3 Å². The molecule has 0 spiro atoms. The number of nitrogens with zero attached hydrogens (tertiary/aromatic N) is 3. The fourth-order valence-electron chi connectivity index (χ4n) is 3.74. The number of sulfonamides is 1. The zero-order chi connectivity index (χ0) is 19.6. The lowest BCUT2D eigenvalue weighted by Gasteiger charge is -2.32. The fraction of sp³-hybridized carbons (Fsp3) is 0.632. The molecule has 0 aliphatic carbocycles. The normalized spacial score (nSPS) is 21.0. The van der Waals surface area contributed by atoms with Crippen molar-refractivity contribution in [2.45, 2.75) is 31.2 Å². The largest absolute Gasteiger partial charge is 0.340 e. The minimum atomic E-state index is -3.67. The Morgan fingerprint density at radius 3 is 2.50 bits per heavy atom. The van der Waals surface area contributed by atoms with Crippen molar-refractivity contribution in [1.29, 1.82) is 0 Å². The van der Waals surface area contributed by atoms with Gasteiger partial charge in [0.05, 0.1) is 11.4 Å². The zero-order valence-corrected chi connectivity index (χ0v) is 18.5. The topological polar surface area (TPSA) is 73.0 Å². The number of carbonyl (C=O) groups is 1. The van der Waals surface area contributed by atoms with Crippen LogP contribution in [-0.4, -0.2) is 87.3 Å². The van der Waals surface area contributed by atoms with Gasteiger partial charge < -0.3 is 10.2 Å². The van der Waals surface area contributed by atoms with E-state index in [2.05, 4.69) is 10.2 Å². The summed E-state index contributed by atoms with van der Waals surface area (Å²) in [6.07, 6.45) is 0.958. The number of benzene rings is 1. The average molecular weight is 431 g/mol. The van der Waals surface area contributed by atoms with E-state index in [0.717, 1.165) is 48.0 Å². The Morgan fingerprint density at radius 2 is 1.86 bits per heavy atom. The molecule has 1 N–H and O–H groups in total. The average Bonchev–Trinajstić information content (AvgIpc) is 3.15. The zero-order valence-electron chi connectivity index (χ0n) is 16.8. The molecule has 3 rings (SSSR count). The van der Waals surface area contributed by atoms with Gasteiger partial charge in [-0.1, -0.05) is 6.07 Å². The van der Waals surface area contributed by atoms with Crippen molar-refractivity contribution in [3.63, 3.8) is 0 Å². The third kappa shape index (κ3) is 5.04. The first kappa shape index (κ1) is 23.1. The number of halogens is 1. The van der Waals surface area contributed by atoms with Crippen LogP contribution in [0.5, 0.6) is 0 Å². The summed E-state index contributed by atoms with van der Waals surface area (Å²) >= 11 is 0. The fourth-order valence-corrected chi connectivity index (χ4v) is 4.95. The van der Waals surface area contributed by atoms with Crippen LogP contribution in [0.3, 0.4) is 0 Å². The first-order valence-corrected chi connectivity index (χ1v) is 11.0. The summed E-state index contributed by atoms with van der Waals surface area (Å²) in [4.78, 5) is 17.1. The number of aryl methyl sites for hydroxylation is 2. The third-order valence-electron chi connectivity index (χ3n) is 5.73. The van der Waals surface area contributed by atoms with Gasteiger partial charge in [-0.05, 0) is 43.5 Å². The van der Waals surface area contributed by atoms with E-state index < -0.39 is 10.0 Å². The number of piperazine rings is 1. The number of carbonyl (C=O) groups excluding carboxylic acids is 1. The van der Waals surface area contributed by atoms with Crippen LogP contribution in [-0.2, 0) is 14.8 Å². The Morgan fingerprint density at radius 1 is 1.18 bits per heavy atom. The van der Waals surface area contributed by atoms with Crippen molar-refractivity contribution in [3.8, 4) is 0 Å². The van der Waals surface area contributed by atoms with Crippen molar-refractivity contribution in [2.24, 2.45) is 0 Å². The van der Waals surface area contributed by atoms with E-state index in [-0.39, 0.29) is 29.8 Å². The maximum absolute atomic E-state index is 12.8. The van der Waals surface area contributed by atoms with E-state index in [1.54, 1.807) is 23.1 Å². The Kier molecular flexibility index (Phi) is 7.87. The SMILES string of the molecule is Cc1ccc(S(=O)(=O)N(C)CC(=O)N2CCC(N3CCNCC3)C2)cc1C.Cl. The van der Waals surface area contributed by atoms with Gasteiger partial charge in [-0.15, -0.1) is 12.4 Å². The Balaban J connectivity index is 0.00000280. The minimum absolute atomic E-state index is 0. The molecule has 1 atom stereocenters. The quantitative estimate of drug-likeness (QED) is 0.749. The van der Waals surface area contributed by atoms with Gasteiger partial charge >= 0.3 is 0 Å². The Labute approximate surface area is 174 Å². The summed E-state index contributed by atoms with van der Waals surface area (Å²) in [5.41, 5.74) is 1.97. The maximum Gasteiger partial charge on any atom is 0.243 e. The van der Waals surface area contributed by atoms with E-state index in [1.807, 2.05) is 13.8 Å². The summed E-state index contributed by atoms with van der Waals surface area (Å²) in [6, 6.07) is 5.46. The summed E-state index contributed by atoms with van der Waals surface area (Å²) in [5, 5.41) is 3.34. The molecule has 2 heterocycles. The van der Waals surface area contributed by atoms with Gasteiger partial charge in [0.1, 0.15) is 0 Å². The van der Waals surface area contributed by atoms with Crippen LogP contribution in [0.2, 0.25) is 0 Å². The summed E-state index contributed by atoms with van der Waals surface area (Å²) in [6.45, 7) is 9.09. The number of nitrogens with one attached hydrogen (secondary N) is 1. The predicted molar refractivity (Wildman–Crippen MR) is 112 cm³/mol. The number of rotatable bonds is 5. The highest BCUT2D eigenvalue weighted by Crippen LogP contribution is 2.20. The van der Waals surface area contributed by atoms with Crippen molar-refractivity contribution < 1.29 is 13.2 Å². The third-order valence-corrected chi connectivity index (χ3v) is 7.53.